The van der Waals surface area contributed by atoms with Crippen LogP contribution in [-0.2, 0) is 4.74 Å². The van der Waals surface area contributed by atoms with Gasteiger partial charge in [-0.2, -0.15) is 0 Å². The van der Waals surface area contributed by atoms with Gasteiger partial charge in [0.1, 0.15) is 0 Å². The summed E-state index contributed by atoms with van der Waals surface area (Å²) < 4.78 is 5.91. The summed E-state index contributed by atoms with van der Waals surface area (Å²) in [4.78, 5) is 0. The summed E-state index contributed by atoms with van der Waals surface area (Å²) >= 11 is 0. The summed E-state index contributed by atoms with van der Waals surface area (Å²) in [5.74, 6) is 0. The van der Waals surface area contributed by atoms with E-state index in [9.17, 15) is 5.11 Å². The first-order valence-corrected chi connectivity index (χ1v) is 7.67. The zero-order chi connectivity index (χ0) is 13.3. The molecule has 0 aromatic heterocycles. The van der Waals surface area contributed by atoms with Crippen molar-refractivity contribution in [3.8, 4) is 0 Å². The number of ether oxygens (including phenoxy) is 1. The lowest BCUT2D eigenvalue weighted by Gasteiger charge is -2.28. The molecule has 0 aromatic rings. The summed E-state index contributed by atoms with van der Waals surface area (Å²) in [6, 6.07) is 0. The molecular weight excluding hydrogens is 226 g/mol. The second-order valence-corrected chi connectivity index (χ2v) is 5.84. The van der Waals surface area contributed by atoms with Gasteiger partial charge in [-0.25, -0.2) is 0 Å². The Hall–Kier alpha value is -0.120. The average Bonchev–Trinajstić information content (AvgIpc) is 2.40. The summed E-state index contributed by atoms with van der Waals surface area (Å²) in [5.41, 5.74) is -0.112. The SMILES string of the molecule is CCNC(C)(CO)CCCCOC1CCCCC1. The highest BCUT2D eigenvalue weighted by Gasteiger charge is 2.21. The molecule has 108 valence electrons. The van der Waals surface area contributed by atoms with Gasteiger partial charge in [-0.05, 0) is 45.6 Å². The van der Waals surface area contributed by atoms with E-state index >= 15 is 0 Å². The molecule has 0 saturated heterocycles. The van der Waals surface area contributed by atoms with Crippen molar-refractivity contribution in [2.75, 3.05) is 19.8 Å². The van der Waals surface area contributed by atoms with Gasteiger partial charge in [-0.15, -0.1) is 0 Å². The molecule has 0 aromatic carbocycles. The lowest BCUT2D eigenvalue weighted by atomic mass is 9.95. The molecule has 0 aliphatic heterocycles. The Morgan fingerprint density at radius 2 is 1.94 bits per heavy atom. The van der Waals surface area contributed by atoms with Gasteiger partial charge in [0, 0.05) is 12.1 Å². The third-order valence-corrected chi connectivity index (χ3v) is 3.98. The van der Waals surface area contributed by atoms with Gasteiger partial charge in [-0.3, -0.25) is 0 Å². The Balaban J connectivity index is 2.03. The molecule has 0 heterocycles. The number of aliphatic hydroxyl groups excluding tert-OH is 1. The van der Waals surface area contributed by atoms with Gasteiger partial charge in [-0.1, -0.05) is 26.2 Å². The van der Waals surface area contributed by atoms with E-state index in [1.807, 2.05) is 0 Å². The van der Waals surface area contributed by atoms with Crippen LogP contribution in [0, 0.1) is 0 Å². The zero-order valence-corrected chi connectivity index (χ0v) is 12.2. The van der Waals surface area contributed by atoms with Crippen molar-refractivity contribution in [1.29, 1.82) is 0 Å². The maximum atomic E-state index is 9.38. The topological polar surface area (TPSA) is 41.5 Å². The van der Waals surface area contributed by atoms with Crippen molar-refractivity contribution >= 4 is 0 Å². The summed E-state index contributed by atoms with van der Waals surface area (Å²) in [5, 5.41) is 12.7. The minimum Gasteiger partial charge on any atom is -0.394 e. The lowest BCUT2D eigenvalue weighted by Crippen LogP contribution is -2.45. The van der Waals surface area contributed by atoms with E-state index in [1.54, 1.807) is 0 Å². The Bertz CT molecular complexity index is 205. The normalized spacial score (nSPS) is 20.8. The van der Waals surface area contributed by atoms with Gasteiger partial charge in [0.2, 0.25) is 0 Å². The maximum absolute atomic E-state index is 9.38. The van der Waals surface area contributed by atoms with E-state index in [4.69, 9.17) is 4.74 Å². The van der Waals surface area contributed by atoms with Gasteiger partial charge in [0.15, 0.2) is 0 Å². The molecule has 0 spiro atoms. The van der Waals surface area contributed by atoms with Crippen molar-refractivity contribution in [1.82, 2.24) is 5.32 Å². The van der Waals surface area contributed by atoms with Crippen LogP contribution in [0.15, 0.2) is 0 Å². The molecular formula is C15H31NO2. The first-order valence-electron chi connectivity index (χ1n) is 7.67. The number of rotatable bonds is 9. The highest BCUT2D eigenvalue weighted by atomic mass is 16.5. The highest BCUT2D eigenvalue weighted by molar-refractivity contribution is 4.81. The zero-order valence-electron chi connectivity index (χ0n) is 12.2. The van der Waals surface area contributed by atoms with Crippen molar-refractivity contribution < 1.29 is 9.84 Å². The van der Waals surface area contributed by atoms with E-state index in [0.29, 0.717) is 6.10 Å². The predicted octanol–water partition coefficient (Wildman–Crippen LogP) is 2.87. The number of likely N-dealkylation sites (N-methyl/N-ethyl adjacent to an activating group) is 1. The minimum absolute atomic E-state index is 0.112. The fourth-order valence-corrected chi connectivity index (χ4v) is 2.75. The molecule has 3 nitrogen and oxygen atoms in total. The van der Waals surface area contributed by atoms with E-state index in [2.05, 4.69) is 19.2 Å². The predicted molar refractivity (Wildman–Crippen MR) is 75.8 cm³/mol. The molecule has 1 rings (SSSR count). The first kappa shape index (κ1) is 15.9. The Morgan fingerprint density at radius 1 is 1.22 bits per heavy atom. The Morgan fingerprint density at radius 3 is 2.56 bits per heavy atom. The molecule has 0 bridgehead atoms. The maximum Gasteiger partial charge on any atom is 0.0610 e. The van der Waals surface area contributed by atoms with E-state index in [0.717, 1.165) is 32.4 Å². The first-order chi connectivity index (χ1) is 8.70. The lowest BCUT2D eigenvalue weighted by molar-refractivity contribution is 0.0251. The van der Waals surface area contributed by atoms with Crippen LogP contribution in [0.3, 0.4) is 0 Å². The van der Waals surface area contributed by atoms with Crippen LogP contribution >= 0.6 is 0 Å². The molecule has 0 radical (unpaired) electrons. The quantitative estimate of drug-likeness (QED) is 0.624. The molecule has 1 atom stereocenters. The van der Waals surface area contributed by atoms with Crippen molar-refractivity contribution in [2.45, 2.75) is 76.9 Å². The van der Waals surface area contributed by atoms with Gasteiger partial charge >= 0.3 is 0 Å². The van der Waals surface area contributed by atoms with Crippen LogP contribution in [0.5, 0.6) is 0 Å². The summed E-state index contributed by atoms with van der Waals surface area (Å²) in [6.07, 6.45) is 10.4. The highest BCUT2D eigenvalue weighted by Crippen LogP contribution is 2.21. The van der Waals surface area contributed by atoms with Crippen LogP contribution in [-0.4, -0.2) is 36.5 Å². The molecule has 1 fully saturated rings. The van der Waals surface area contributed by atoms with Crippen molar-refractivity contribution in [2.24, 2.45) is 0 Å². The molecule has 1 aliphatic rings. The third kappa shape index (κ3) is 6.17. The molecule has 18 heavy (non-hydrogen) atoms. The molecule has 1 unspecified atom stereocenters. The van der Waals surface area contributed by atoms with Gasteiger partial charge in [0.25, 0.3) is 0 Å². The van der Waals surface area contributed by atoms with Crippen LogP contribution in [0.1, 0.15) is 65.2 Å². The van der Waals surface area contributed by atoms with Gasteiger partial charge in [0.05, 0.1) is 12.7 Å². The molecule has 2 N–H and O–H groups in total. The number of unbranched alkanes of at least 4 members (excludes halogenated alkanes) is 1. The van der Waals surface area contributed by atoms with Crippen molar-refractivity contribution in [3.63, 3.8) is 0 Å². The monoisotopic (exact) mass is 257 g/mol. The number of hydrogen-bond acceptors (Lipinski definition) is 3. The molecule has 1 aliphatic carbocycles. The van der Waals surface area contributed by atoms with Crippen molar-refractivity contribution in [3.05, 3.63) is 0 Å². The fourth-order valence-electron chi connectivity index (χ4n) is 2.75. The number of nitrogens with one attached hydrogen (secondary N) is 1. The number of hydrogen-bond donors (Lipinski definition) is 2. The van der Waals surface area contributed by atoms with Crippen LogP contribution in [0.4, 0.5) is 0 Å². The molecule has 3 heteroatoms. The van der Waals surface area contributed by atoms with Gasteiger partial charge < -0.3 is 15.2 Å². The van der Waals surface area contributed by atoms with E-state index < -0.39 is 0 Å². The Labute approximate surface area is 112 Å². The average molecular weight is 257 g/mol. The van der Waals surface area contributed by atoms with Crippen LogP contribution in [0.25, 0.3) is 0 Å². The summed E-state index contributed by atoms with van der Waals surface area (Å²) in [7, 11) is 0. The standard InChI is InChI=1S/C15H31NO2/c1-3-16-15(2,13-17)11-7-8-12-18-14-9-5-4-6-10-14/h14,16-17H,3-13H2,1-2H3. The summed E-state index contributed by atoms with van der Waals surface area (Å²) in [6.45, 7) is 6.19. The minimum atomic E-state index is -0.112. The second kappa shape index (κ2) is 8.89. The van der Waals surface area contributed by atoms with Crippen LogP contribution in [0.2, 0.25) is 0 Å². The Kier molecular flexibility index (Phi) is 7.87. The largest absolute Gasteiger partial charge is 0.394 e. The second-order valence-electron chi connectivity index (χ2n) is 5.84. The van der Waals surface area contributed by atoms with Crippen LogP contribution < -0.4 is 5.32 Å². The number of aliphatic hydroxyl groups is 1. The van der Waals surface area contributed by atoms with E-state index in [1.165, 1.54) is 32.1 Å². The molecule has 1 saturated carbocycles. The van der Waals surface area contributed by atoms with E-state index in [-0.39, 0.29) is 12.1 Å². The molecule has 0 amide bonds. The smallest absolute Gasteiger partial charge is 0.0610 e. The fraction of sp³-hybridized carbons (Fsp3) is 1.00. The third-order valence-electron chi connectivity index (χ3n) is 3.98.